The molecule has 0 radical (unpaired) electrons. The first-order valence-electron chi connectivity index (χ1n) is 16.7. The number of halogens is 5. The minimum Gasteiger partial charge on any atom is -1.00 e. The molecule has 0 saturated heterocycles. The monoisotopic (exact) mass is 823 g/mol. The number of methoxy groups -OCH3 is 2. The molecule has 4 heterocycles. The number of fused-ring (bicyclic) bond motifs is 2. The van der Waals surface area contributed by atoms with E-state index >= 15 is 0 Å². The Morgan fingerprint density at radius 3 is 2.05 bits per heavy atom. The van der Waals surface area contributed by atoms with E-state index in [1.54, 1.807) is 14.2 Å². The molecule has 0 saturated carbocycles. The molecule has 6 aromatic rings. The van der Waals surface area contributed by atoms with Crippen molar-refractivity contribution in [2.45, 2.75) is 31.7 Å². The van der Waals surface area contributed by atoms with Crippen LogP contribution in [0.5, 0.6) is 23.0 Å². The van der Waals surface area contributed by atoms with Crippen molar-refractivity contribution in [1.29, 1.82) is 0 Å². The normalized spacial score (nSPS) is 13.1. The fourth-order valence-electron chi connectivity index (χ4n) is 6.64. The molecule has 286 valence electrons. The molecule has 1 N–H and O–H groups in total. The predicted octanol–water partition coefficient (Wildman–Crippen LogP) is 2.06. The molecule has 4 aromatic carbocycles. The van der Waals surface area contributed by atoms with Crippen molar-refractivity contribution in [3.8, 4) is 23.0 Å². The fraction of sp³-hybridized carbons (Fsp3) is 0.237. The standard InChI is InChI=1S/C25H22F2NO4.C13H12F2N6O.BrH/c1-29-21-5-3-4-16(25(21)30-2)13-28-9-8-15-10-22-23(32-14-31-22)12-19(15)24(28)18-7-6-17(26)11-20(18)27;14-10-1-2-11(12(15)3-10)13(22,4-20-8-16-6-18-20)5-21-9-17-7-19-21;/h3-7,10-12H,8-9,13-14H2,1-2H3;1-3,6-9,22H,4-5H2;1H/q+1;;/p-1. The van der Waals surface area contributed by atoms with E-state index in [-0.39, 0.29) is 42.4 Å². The number of rotatable bonds is 10. The largest absolute Gasteiger partial charge is 1.00 e. The molecule has 0 atom stereocenters. The van der Waals surface area contributed by atoms with Crippen molar-refractivity contribution >= 4 is 5.71 Å². The Morgan fingerprint density at radius 2 is 1.45 bits per heavy atom. The van der Waals surface area contributed by atoms with Crippen LogP contribution in [-0.4, -0.2) is 72.5 Å². The van der Waals surface area contributed by atoms with E-state index in [0.29, 0.717) is 47.4 Å². The molecule has 17 heteroatoms. The summed E-state index contributed by atoms with van der Waals surface area (Å²) in [5.41, 5.74) is 2.02. The van der Waals surface area contributed by atoms with E-state index in [0.717, 1.165) is 41.3 Å². The first-order chi connectivity index (χ1) is 26.2. The van der Waals surface area contributed by atoms with Crippen LogP contribution in [0.2, 0.25) is 0 Å². The molecule has 0 bridgehead atoms. The van der Waals surface area contributed by atoms with Gasteiger partial charge in [-0.3, -0.25) is 0 Å². The Labute approximate surface area is 323 Å². The summed E-state index contributed by atoms with van der Waals surface area (Å²) >= 11 is 0. The molecule has 0 spiro atoms. The summed E-state index contributed by atoms with van der Waals surface area (Å²) in [6.07, 6.45) is 6.14. The molecule has 2 aromatic heterocycles. The van der Waals surface area contributed by atoms with Gasteiger partial charge in [-0.1, -0.05) is 12.1 Å². The highest BCUT2D eigenvalue weighted by Crippen LogP contribution is 2.38. The SMILES string of the molecule is COc1cccc(C[N+]2=C(c3ccc(F)cc3F)c3cc4c(cc3CC2)OCO4)c1OC.OC(Cn1cncn1)(Cn1cncn1)c1ccc(F)cc1F.[Br-]. The molecular weight excluding hydrogens is 790 g/mol. The number of para-hydroxylation sites is 1. The maximum absolute atomic E-state index is 15.0. The van der Waals surface area contributed by atoms with E-state index in [9.17, 15) is 22.7 Å². The van der Waals surface area contributed by atoms with Crippen molar-refractivity contribution < 1.29 is 63.2 Å². The third-order valence-corrected chi connectivity index (χ3v) is 9.07. The number of hydrogen-bond acceptors (Lipinski definition) is 9. The van der Waals surface area contributed by atoms with E-state index in [2.05, 4.69) is 24.7 Å². The lowest BCUT2D eigenvalue weighted by molar-refractivity contribution is -0.544. The molecule has 0 unspecified atom stereocenters. The van der Waals surface area contributed by atoms with Gasteiger partial charge >= 0.3 is 0 Å². The molecule has 0 amide bonds. The van der Waals surface area contributed by atoms with Gasteiger partial charge in [-0.25, -0.2) is 41.5 Å². The van der Waals surface area contributed by atoms with Gasteiger partial charge in [0, 0.05) is 24.1 Å². The van der Waals surface area contributed by atoms with Crippen LogP contribution in [0.3, 0.4) is 0 Å². The zero-order valence-corrected chi connectivity index (χ0v) is 31.1. The van der Waals surface area contributed by atoms with Gasteiger partial charge in [0.1, 0.15) is 60.7 Å². The Kier molecular flexibility index (Phi) is 11.8. The average molecular weight is 825 g/mol. The third-order valence-electron chi connectivity index (χ3n) is 9.07. The van der Waals surface area contributed by atoms with Crippen molar-refractivity contribution in [2.75, 3.05) is 27.6 Å². The van der Waals surface area contributed by atoms with Gasteiger partial charge in [-0.05, 0) is 48.0 Å². The van der Waals surface area contributed by atoms with Crippen molar-refractivity contribution in [3.63, 3.8) is 0 Å². The van der Waals surface area contributed by atoms with E-state index in [1.807, 2.05) is 30.3 Å². The van der Waals surface area contributed by atoms with E-state index < -0.39 is 28.9 Å². The summed E-state index contributed by atoms with van der Waals surface area (Å²) in [7, 11) is 3.19. The van der Waals surface area contributed by atoms with Crippen LogP contribution in [0.25, 0.3) is 0 Å². The quantitative estimate of drug-likeness (QED) is 0.164. The average Bonchev–Trinajstić information content (AvgIpc) is 3.95. The zero-order valence-electron chi connectivity index (χ0n) is 29.5. The Hall–Kier alpha value is -5.81. The van der Waals surface area contributed by atoms with Crippen LogP contribution in [-0.2, 0) is 31.7 Å². The van der Waals surface area contributed by atoms with Crippen LogP contribution in [0, 0.1) is 23.3 Å². The lowest BCUT2D eigenvalue weighted by atomic mass is 9.91. The van der Waals surface area contributed by atoms with Gasteiger partial charge in [-0.2, -0.15) is 10.2 Å². The highest BCUT2D eigenvalue weighted by molar-refractivity contribution is 6.11. The van der Waals surface area contributed by atoms with Crippen molar-refractivity contribution in [1.82, 2.24) is 29.5 Å². The highest BCUT2D eigenvalue weighted by atomic mass is 79.9. The van der Waals surface area contributed by atoms with Gasteiger partial charge in [0.25, 0.3) is 0 Å². The molecule has 2 aliphatic rings. The first-order valence-corrected chi connectivity index (χ1v) is 16.7. The van der Waals surface area contributed by atoms with Crippen LogP contribution in [0.1, 0.15) is 27.8 Å². The van der Waals surface area contributed by atoms with E-state index in [1.165, 1.54) is 52.9 Å². The lowest BCUT2D eigenvalue weighted by Crippen LogP contribution is -3.00. The summed E-state index contributed by atoms with van der Waals surface area (Å²) in [4.78, 5) is 7.57. The second-order valence-electron chi connectivity index (χ2n) is 12.5. The first kappa shape index (κ1) is 38.9. The van der Waals surface area contributed by atoms with Crippen molar-refractivity contribution in [3.05, 3.63) is 143 Å². The van der Waals surface area contributed by atoms with Crippen molar-refractivity contribution in [2.24, 2.45) is 0 Å². The summed E-state index contributed by atoms with van der Waals surface area (Å²) < 4.78 is 82.8. The maximum Gasteiger partial charge on any atom is 0.231 e. The number of benzene rings is 4. The molecule has 8 rings (SSSR count). The number of hydrogen-bond donors (Lipinski definition) is 1. The number of aromatic nitrogens is 6. The van der Waals surface area contributed by atoms with Crippen LogP contribution >= 0.6 is 0 Å². The number of aliphatic hydroxyl groups is 1. The maximum atomic E-state index is 15.0. The minimum atomic E-state index is -1.70. The molecule has 55 heavy (non-hydrogen) atoms. The summed E-state index contributed by atoms with van der Waals surface area (Å²) in [5.74, 6) is -0.239. The smallest absolute Gasteiger partial charge is 0.231 e. The van der Waals surface area contributed by atoms with Crippen LogP contribution in [0.15, 0.2) is 92.0 Å². The molecule has 0 aliphatic carbocycles. The van der Waals surface area contributed by atoms with E-state index in [4.69, 9.17) is 18.9 Å². The van der Waals surface area contributed by atoms with Gasteiger partial charge in [0.2, 0.25) is 12.5 Å². The van der Waals surface area contributed by atoms with Gasteiger partial charge < -0.3 is 41.0 Å². The lowest BCUT2D eigenvalue weighted by Gasteiger charge is -2.28. The Balaban J connectivity index is 0.000000196. The number of nitrogens with zero attached hydrogens (tertiary/aromatic N) is 7. The molecule has 2 aliphatic heterocycles. The summed E-state index contributed by atoms with van der Waals surface area (Å²) in [6.45, 7) is 1.10. The minimum absolute atomic E-state index is 0. The van der Waals surface area contributed by atoms with Crippen LogP contribution in [0.4, 0.5) is 17.6 Å². The summed E-state index contributed by atoms with van der Waals surface area (Å²) in [5, 5.41) is 18.8. The topological polar surface area (TPSA) is 122 Å². The molecular formula is C38H34BrF4N7O5. The van der Waals surface area contributed by atoms with Crippen LogP contribution < -0.4 is 35.9 Å². The zero-order chi connectivity index (χ0) is 37.8. The molecule has 12 nitrogen and oxygen atoms in total. The highest BCUT2D eigenvalue weighted by Gasteiger charge is 2.35. The Bertz CT molecular complexity index is 2270. The van der Waals surface area contributed by atoms with Gasteiger partial charge in [0.15, 0.2) is 29.5 Å². The third kappa shape index (κ3) is 8.32. The fourth-order valence-corrected chi connectivity index (χ4v) is 6.64. The van der Waals surface area contributed by atoms with Gasteiger partial charge in [-0.15, -0.1) is 0 Å². The predicted molar refractivity (Wildman–Crippen MR) is 185 cm³/mol. The number of ether oxygens (including phenoxy) is 4. The Morgan fingerprint density at radius 1 is 0.800 bits per heavy atom. The second-order valence-corrected chi connectivity index (χ2v) is 12.5. The molecule has 0 fully saturated rings. The second kappa shape index (κ2) is 16.7. The van der Waals surface area contributed by atoms with Gasteiger partial charge in [0.05, 0.1) is 44.0 Å². The summed E-state index contributed by atoms with van der Waals surface area (Å²) in [6, 6.07) is 16.2.